The van der Waals surface area contributed by atoms with Crippen molar-refractivity contribution in [3.8, 4) is 11.1 Å². The summed E-state index contributed by atoms with van der Waals surface area (Å²) in [6.45, 7) is 3.84. The van der Waals surface area contributed by atoms with Crippen LogP contribution in [0.1, 0.15) is 15.9 Å². The minimum absolute atomic E-state index is 0.109. The van der Waals surface area contributed by atoms with E-state index in [4.69, 9.17) is 9.72 Å². The molecule has 2 N–H and O–H groups in total. The van der Waals surface area contributed by atoms with Crippen LogP contribution in [0.15, 0.2) is 55.0 Å². The predicted octanol–water partition coefficient (Wildman–Crippen LogP) is 3.39. The molecular weight excluding hydrogens is 466 g/mol. The second-order valence-electron chi connectivity index (χ2n) is 9.95. The number of carbonyl (C=O) groups excluding carboxylic acids is 1. The van der Waals surface area contributed by atoms with Gasteiger partial charge in [0.05, 0.1) is 18.3 Å². The number of amides is 1. The molecule has 2 aliphatic heterocycles. The molecule has 6 rings (SSSR count). The van der Waals surface area contributed by atoms with Gasteiger partial charge in [-0.05, 0) is 61.6 Å². The molecule has 1 fully saturated rings. The van der Waals surface area contributed by atoms with E-state index in [1.807, 2.05) is 42.2 Å². The van der Waals surface area contributed by atoms with Gasteiger partial charge in [-0.25, -0.2) is 9.97 Å². The summed E-state index contributed by atoms with van der Waals surface area (Å²) in [6.07, 6.45) is 5.86. The number of morpholine rings is 1. The number of fused-ring (bicyclic) bond motifs is 2. The summed E-state index contributed by atoms with van der Waals surface area (Å²) in [6, 6.07) is 12.3. The Labute approximate surface area is 216 Å². The van der Waals surface area contributed by atoms with Crippen LogP contribution in [0.3, 0.4) is 0 Å². The van der Waals surface area contributed by atoms with Crippen LogP contribution in [-0.4, -0.2) is 71.8 Å². The topological polar surface area (TPSA) is 87.5 Å². The summed E-state index contributed by atoms with van der Waals surface area (Å²) in [5, 5.41) is 7.41. The van der Waals surface area contributed by atoms with E-state index in [-0.39, 0.29) is 12.0 Å². The van der Waals surface area contributed by atoms with Gasteiger partial charge in [0.1, 0.15) is 11.5 Å². The fraction of sp³-hybridized carbons (Fsp3) is 0.321. The molecule has 1 amide bonds. The van der Waals surface area contributed by atoms with Crippen molar-refractivity contribution in [2.45, 2.75) is 12.6 Å². The highest BCUT2D eigenvalue weighted by molar-refractivity contribution is 6.06. The maximum absolute atomic E-state index is 12.9. The van der Waals surface area contributed by atoms with Gasteiger partial charge in [-0.2, -0.15) is 0 Å². The second-order valence-corrected chi connectivity index (χ2v) is 9.95. The number of likely N-dealkylation sites (N-methyl/N-ethyl adjacent to an activating group) is 1. The monoisotopic (exact) mass is 497 g/mol. The fourth-order valence-corrected chi connectivity index (χ4v) is 5.32. The molecule has 190 valence electrons. The molecule has 0 saturated carbocycles. The largest absolute Gasteiger partial charge is 0.373 e. The van der Waals surface area contributed by atoms with Crippen LogP contribution in [0.2, 0.25) is 0 Å². The van der Waals surface area contributed by atoms with Crippen molar-refractivity contribution in [1.29, 1.82) is 0 Å². The van der Waals surface area contributed by atoms with E-state index in [0.29, 0.717) is 17.9 Å². The summed E-state index contributed by atoms with van der Waals surface area (Å²) >= 11 is 0. The number of ether oxygens (including phenoxy) is 1. The molecule has 0 bridgehead atoms. The van der Waals surface area contributed by atoms with Gasteiger partial charge in [-0.3, -0.25) is 4.79 Å². The van der Waals surface area contributed by atoms with Gasteiger partial charge in [0, 0.05) is 74.1 Å². The van der Waals surface area contributed by atoms with Gasteiger partial charge in [-0.15, -0.1) is 0 Å². The first-order valence-electron chi connectivity index (χ1n) is 12.6. The molecule has 1 atom stereocenters. The second kappa shape index (κ2) is 9.49. The van der Waals surface area contributed by atoms with Crippen LogP contribution in [-0.2, 0) is 18.3 Å². The molecule has 3 aromatic heterocycles. The molecule has 0 unspecified atom stereocenters. The Balaban J connectivity index is 1.26. The number of nitrogens with zero attached hydrogens (tertiary/aromatic N) is 5. The number of benzene rings is 1. The molecule has 1 aromatic carbocycles. The fourth-order valence-electron chi connectivity index (χ4n) is 5.32. The van der Waals surface area contributed by atoms with E-state index in [1.165, 1.54) is 0 Å². The van der Waals surface area contributed by atoms with Gasteiger partial charge < -0.3 is 29.7 Å². The third-order valence-electron chi connectivity index (χ3n) is 7.10. The minimum Gasteiger partial charge on any atom is -0.373 e. The molecular formula is C28H31N7O2. The third kappa shape index (κ3) is 4.41. The van der Waals surface area contributed by atoms with Crippen LogP contribution in [0, 0.1) is 0 Å². The van der Waals surface area contributed by atoms with Crippen LogP contribution >= 0.6 is 0 Å². The number of carbonyl (C=O) groups is 1. The molecule has 9 heteroatoms. The van der Waals surface area contributed by atoms with Crippen LogP contribution in [0.4, 0.5) is 17.2 Å². The van der Waals surface area contributed by atoms with Gasteiger partial charge in [0.25, 0.3) is 5.91 Å². The zero-order valence-corrected chi connectivity index (χ0v) is 21.4. The summed E-state index contributed by atoms with van der Waals surface area (Å²) in [4.78, 5) is 26.6. The van der Waals surface area contributed by atoms with Crippen molar-refractivity contribution in [2.75, 3.05) is 50.6 Å². The lowest BCUT2D eigenvalue weighted by Crippen LogP contribution is -2.46. The zero-order chi connectivity index (χ0) is 25.5. The normalized spacial score (nSPS) is 17.4. The lowest BCUT2D eigenvalue weighted by molar-refractivity contribution is 0.0248. The van der Waals surface area contributed by atoms with E-state index in [0.717, 1.165) is 65.3 Å². The smallest absolute Gasteiger partial charge is 0.255 e. The Morgan fingerprint density at radius 1 is 1.14 bits per heavy atom. The molecule has 4 aromatic rings. The summed E-state index contributed by atoms with van der Waals surface area (Å²) < 4.78 is 7.91. The molecule has 0 aliphatic carbocycles. The molecule has 0 radical (unpaired) electrons. The highest BCUT2D eigenvalue weighted by Crippen LogP contribution is 2.36. The van der Waals surface area contributed by atoms with E-state index in [2.05, 4.69) is 57.7 Å². The van der Waals surface area contributed by atoms with E-state index in [9.17, 15) is 4.79 Å². The average Bonchev–Trinajstić information content (AvgIpc) is 3.48. The van der Waals surface area contributed by atoms with Crippen molar-refractivity contribution in [3.63, 3.8) is 0 Å². The van der Waals surface area contributed by atoms with E-state index < -0.39 is 0 Å². The first kappa shape index (κ1) is 23.4. The number of aryl methyl sites for hydroxylation is 1. The van der Waals surface area contributed by atoms with Gasteiger partial charge in [-0.1, -0.05) is 0 Å². The van der Waals surface area contributed by atoms with E-state index >= 15 is 0 Å². The number of nitrogens with one attached hydrogen (secondary N) is 2. The molecule has 5 heterocycles. The van der Waals surface area contributed by atoms with Gasteiger partial charge >= 0.3 is 0 Å². The molecule has 37 heavy (non-hydrogen) atoms. The quantitative estimate of drug-likeness (QED) is 0.422. The Bertz CT molecular complexity index is 1460. The highest BCUT2D eigenvalue weighted by atomic mass is 16.5. The van der Waals surface area contributed by atoms with Crippen LogP contribution < -0.4 is 15.5 Å². The first-order valence-corrected chi connectivity index (χ1v) is 12.6. The summed E-state index contributed by atoms with van der Waals surface area (Å²) in [7, 11) is 6.12. The van der Waals surface area contributed by atoms with Gasteiger partial charge in [0.15, 0.2) is 0 Å². The Hall–Kier alpha value is -3.95. The molecule has 1 saturated heterocycles. The standard InChI is InChI=1S/C28H31N7O2/c1-33(2)16-20-17-35(12-13-37-20)19-6-4-18(5-7-19)32-26-25-24(15-31-28(25)36)23(14-30-26)21-8-10-29-27-22(21)9-11-34(27)3/h4-11,14,20H,12-13,15-17H2,1-3H3,(H,30,32)(H,31,36)/t20-/m1/s1. The Kier molecular flexibility index (Phi) is 6.02. The van der Waals surface area contributed by atoms with E-state index in [1.54, 1.807) is 6.20 Å². The maximum atomic E-state index is 12.9. The van der Waals surface area contributed by atoms with Gasteiger partial charge in [0.2, 0.25) is 0 Å². The number of hydrogen-bond acceptors (Lipinski definition) is 7. The van der Waals surface area contributed by atoms with Crippen LogP contribution in [0.5, 0.6) is 0 Å². The summed E-state index contributed by atoms with van der Waals surface area (Å²) in [5.41, 5.74) is 6.48. The summed E-state index contributed by atoms with van der Waals surface area (Å²) in [5.74, 6) is 0.458. The number of anilines is 3. The lowest BCUT2D eigenvalue weighted by atomic mass is 9.97. The van der Waals surface area contributed by atoms with Crippen LogP contribution in [0.25, 0.3) is 22.2 Å². The van der Waals surface area contributed by atoms with Crippen molar-refractivity contribution in [2.24, 2.45) is 7.05 Å². The van der Waals surface area contributed by atoms with Crippen molar-refractivity contribution in [1.82, 2.24) is 24.8 Å². The minimum atomic E-state index is -0.109. The first-order chi connectivity index (χ1) is 18.0. The molecule has 0 spiro atoms. The Morgan fingerprint density at radius 3 is 2.78 bits per heavy atom. The number of rotatable bonds is 6. The maximum Gasteiger partial charge on any atom is 0.255 e. The average molecular weight is 498 g/mol. The highest BCUT2D eigenvalue weighted by Gasteiger charge is 2.28. The van der Waals surface area contributed by atoms with Crippen molar-refractivity contribution < 1.29 is 9.53 Å². The zero-order valence-electron chi connectivity index (χ0n) is 21.4. The van der Waals surface area contributed by atoms with Crippen molar-refractivity contribution >= 4 is 34.1 Å². The lowest BCUT2D eigenvalue weighted by Gasteiger charge is -2.35. The molecule has 9 nitrogen and oxygen atoms in total. The third-order valence-corrected chi connectivity index (χ3v) is 7.10. The predicted molar refractivity (Wildman–Crippen MR) is 145 cm³/mol. The number of aromatic nitrogens is 3. The molecule has 2 aliphatic rings. The SMILES string of the molecule is CN(C)C[C@@H]1CN(c2ccc(Nc3ncc(-c4ccnc5c4ccn5C)c4c3C(=O)NC4)cc2)CCO1. The number of pyridine rings is 2. The van der Waals surface area contributed by atoms with Crippen molar-refractivity contribution in [3.05, 3.63) is 66.1 Å². The Morgan fingerprint density at radius 2 is 1.97 bits per heavy atom. The number of hydrogen-bond donors (Lipinski definition) is 2.